The first kappa shape index (κ1) is 25.5. The Kier molecular flexibility index (Phi) is 8.52. The molecule has 1 aliphatic rings. The second-order valence-corrected chi connectivity index (χ2v) is 8.93. The number of hydrogen-bond acceptors (Lipinski definition) is 6. The number of carbonyl (C=O) groups excluding carboxylic acids is 2. The minimum absolute atomic E-state index is 0.108. The zero-order valence-corrected chi connectivity index (χ0v) is 20.8. The van der Waals surface area contributed by atoms with Crippen LogP contribution in [0.4, 0.5) is 5.69 Å². The fourth-order valence-corrected chi connectivity index (χ4v) is 4.00. The van der Waals surface area contributed by atoms with E-state index >= 15 is 0 Å². The molecule has 3 atom stereocenters. The van der Waals surface area contributed by atoms with Gasteiger partial charge in [0.2, 0.25) is 0 Å². The van der Waals surface area contributed by atoms with E-state index in [9.17, 15) is 9.59 Å². The van der Waals surface area contributed by atoms with E-state index in [4.69, 9.17) is 14.2 Å². The van der Waals surface area contributed by atoms with Gasteiger partial charge in [0.25, 0.3) is 11.8 Å². The number of methoxy groups -OCH3 is 2. The van der Waals surface area contributed by atoms with Crippen molar-refractivity contribution in [2.75, 3.05) is 53.3 Å². The lowest BCUT2D eigenvalue weighted by Gasteiger charge is -2.34. The maximum Gasteiger partial charge on any atom is 0.257 e. The molecule has 2 aromatic carbocycles. The average molecular weight is 470 g/mol. The summed E-state index contributed by atoms with van der Waals surface area (Å²) in [5, 5.41) is 2.87. The molecule has 1 aliphatic heterocycles. The van der Waals surface area contributed by atoms with Gasteiger partial charge in [-0.3, -0.25) is 14.5 Å². The average Bonchev–Trinajstić information content (AvgIpc) is 2.84. The Morgan fingerprint density at radius 1 is 1.09 bits per heavy atom. The van der Waals surface area contributed by atoms with Gasteiger partial charge >= 0.3 is 0 Å². The number of anilines is 1. The first-order valence-corrected chi connectivity index (χ1v) is 11.4. The molecule has 2 amide bonds. The van der Waals surface area contributed by atoms with Crippen molar-refractivity contribution in [2.24, 2.45) is 5.92 Å². The molecule has 8 heteroatoms. The van der Waals surface area contributed by atoms with Gasteiger partial charge in [-0.25, -0.2) is 0 Å². The molecule has 2 aromatic rings. The molecule has 1 N–H and O–H groups in total. The molecule has 0 radical (unpaired) electrons. The third kappa shape index (κ3) is 6.07. The van der Waals surface area contributed by atoms with Crippen molar-refractivity contribution in [3.8, 4) is 11.5 Å². The van der Waals surface area contributed by atoms with Gasteiger partial charge in [0.1, 0.15) is 18.1 Å². The van der Waals surface area contributed by atoms with Gasteiger partial charge in [-0.05, 0) is 56.3 Å². The zero-order chi connectivity index (χ0) is 24.8. The van der Waals surface area contributed by atoms with Crippen molar-refractivity contribution in [3.63, 3.8) is 0 Å². The minimum atomic E-state index is -0.294. The van der Waals surface area contributed by atoms with Crippen molar-refractivity contribution in [3.05, 3.63) is 53.6 Å². The lowest BCUT2D eigenvalue weighted by atomic mass is 10.0. The second kappa shape index (κ2) is 11.4. The van der Waals surface area contributed by atoms with Crippen LogP contribution in [-0.2, 0) is 4.74 Å². The maximum atomic E-state index is 13.4. The lowest BCUT2D eigenvalue weighted by Crippen LogP contribution is -2.45. The van der Waals surface area contributed by atoms with E-state index in [0.717, 1.165) is 6.54 Å². The highest BCUT2D eigenvalue weighted by Gasteiger charge is 2.27. The normalized spacial score (nSPS) is 22.1. The third-order valence-corrected chi connectivity index (χ3v) is 6.35. The van der Waals surface area contributed by atoms with E-state index in [1.807, 2.05) is 0 Å². The molecule has 3 rings (SSSR count). The summed E-state index contributed by atoms with van der Waals surface area (Å²) >= 11 is 0. The summed E-state index contributed by atoms with van der Waals surface area (Å²) in [5.41, 5.74) is 1.36. The summed E-state index contributed by atoms with van der Waals surface area (Å²) in [5.74, 6) is 0.816. The van der Waals surface area contributed by atoms with Crippen LogP contribution in [0.1, 0.15) is 34.6 Å². The predicted molar refractivity (Wildman–Crippen MR) is 132 cm³/mol. The molecule has 0 spiro atoms. The summed E-state index contributed by atoms with van der Waals surface area (Å²) < 4.78 is 17.0. The third-order valence-electron chi connectivity index (χ3n) is 6.35. The second-order valence-electron chi connectivity index (χ2n) is 8.93. The van der Waals surface area contributed by atoms with Crippen LogP contribution in [0.5, 0.6) is 11.5 Å². The van der Waals surface area contributed by atoms with Gasteiger partial charge in [-0.2, -0.15) is 0 Å². The van der Waals surface area contributed by atoms with Crippen LogP contribution in [0.15, 0.2) is 42.5 Å². The SMILES string of the molecule is COc1cccc(C(=O)Nc2ccc3c(c2)C(=O)N(C)C[C@H](OC)[C@@H](C)CN(C)[C@H](C)CO3)c1. The van der Waals surface area contributed by atoms with Crippen LogP contribution in [0.2, 0.25) is 0 Å². The number of nitrogens with one attached hydrogen (secondary N) is 1. The summed E-state index contributed by atoms with van der Waals surface area (Å²) in [6.07, 6.45) is -0.108. The largest absolute Gasteiger partial charge is 0.497 e. The summed E-state index contributed by atoms with van der Waals surface area (Å²) in [6, 6.07) is 12.2. The highest BCUT2D eigenvalue weighted by Crippen LogP contribution is 2.27. The molecular weight excluding hydrogens is 434 g/mol. The van der Waals surface area contributed by atoms with Gasteiger partial charge in [0.15, 0.2) is 0 Å². The van der Waals surface area contributed by atoms with Crippen LogP contribution in [0.25, 0.3) is 0 Å². The first-order chi connectivity index (χ1) is 16.2. The number of rotatable bonds is 4. The highest BCUT2D eigenvalue weighted by molar-refractivity contribution is 6.05. The van der Waals surface area contributed by atoms with Gasteiger partial charge < -0.3 is 24.4 Å². The van der Waals surface area contributed by atoms with Crippen LogP contribution in [0, 0.1) is 5.92 Å². The summed E-state index contributed by atoms with van der Waals surface area (Å²) in [6.45, 7) is 5.92. The minimum Gasteiger partial charge on any atom is -0.497 e. The number of fused-ring (bicyclic) bond motifs is 1. The molecule has 0 bridgehead atoms. The monoisotopic (exact) mass is 469 g/mol. The Bertz CT molecular complexity index is 1010. The quantitative estimate of drug-likeness (QED) is 0.740. The fraction of sp³-hybridized carbons (Fsp3) is 0.462. The predicted octanol–water partition coefficient (Wildman–Crippen LogP) is 3.38. The number of nitrogens with zero attached hydrogens (tertiary/aromatic N) is 2. The Morgan fingerprint density at radius 3 is 2.56 bits per heavy atom. The number of benzene rings is 2. The van der Waals surface area contributed by atoms with Crippen molar-refractivity contribution in [1.29, 1.82) is 0 Å². The van der Waals surface area contributed by atoms with Gasteiger partial charge in [-0.15, -0.1) is 0 Å². The summed E-state index contributed by atoms with van der Waals surface area (Å²) in [7, 11) is 7.05. The molecule has 0 unspecified atom stereocenters. The molecule has 34 heavy (non-hydrogen) atoms. The first-order valence-electron chi connectivity index (χ1n) is 11.4. The molecule has 8 nitrogen and oxygen atoms in total. The van der Waals surface area contributed by atoms with E-state index in [-0.39, 0.29) is 29.9 Å². The Morgan fingerprint density at radius 2 is 1.85 bits per heavy atom. The highest BCUT2D eigenvalue weighted by atomic mass is 16.5. The van der Waals surface area contributed by atoms with Crippen molar-refractivity contribution in [2.45, 2.75) is 26.0 Å². The smallest absolute Gasteiger partial charge is 0.257 e. The number of ether oxygens (including phenoxy) is 3. The molecule has 0 fully saturated rings. The summed E-state index contributed by atoms with van der Waals surface area (Å²) in [4.78, 5) is 30.1. The van der Waals surface area contributed by atoms with Gasteiger partial charge in [0.05, 0.1) is 18.8 Å². The zero-order valence-electron chi connectivity index (χ0n) is 20.8. The fourth-order valence-electron chi connectivity index (χ4n) is 4.00. The standard InChI is InChI=1S/C26H35N3O5/c1-17-14-28(3)18(2)16-34-23-11-10-20(13-22(23)26(31)29(4)15-24(17)33-6)27-25(30)19-8-7-9-21(12-19)32-5/h7-13,17-18,24H,14-16H2,1-6H3,(H,27,30)/t17-,18+,24-/m0/s1. The molecule has 1 heterocycles. The molecule has 0 saturated heterocycles. The van der Waals surface area contributed by atoms with Crippen molar-refractivity contribution in [1.82, 2.24) is 9.80 Å². The Labute approximate surface area is 201 Å². The lowest BCUT2D eigenvalue weighted by molar-refractivity contribution is 0.0150. The van der Waals surface area contributed by atoms with Crippen LogP contribution in [0.3, 0.4) is 0 Å². The van der Waals surface area contributed by atoms with Crippen molar-refractivity contribution < 1.29 is 23.8 Å². The number of hydrogen-bond donors (Lipinski definition) is 1. The molecule has 0 aromatic heterocycles. The van der Waals surface area contributed by atoms with E-state index < -0.39 is 0 Å². The molecule has 0 saturated carbocycles. The van der Waals surface area contributed by atoms with Gasteiger partial charge in [0, 0.05) is 44.5 Å². The van der Waals surface area contributed by atoms with E-state index in [0.29, 0.717) is 41.5 Å². The Balaban J connectivity index is 1.90. The number of amides is 2. The van der Waals surface area contributed by atoms with Gasteiger partial charge in [-0.1, -0.05) is 13.0 Å². The molecular formula is C26H35N3O5. The van der Waals surface area contributed by atoms with Crippen molar-refractivity contribution >= 4 is 17.5 Å². The van der Waals surface area contributed by atoms with Crippen LogP contribution < -0.4 is 14.8 Å². The van der Waals surface area contributed by atoms with E-state index in [1.165, 1.54) is 0 Å². The topological polar surface area (TPSA) is 80.3 Å². The number of carbonyl (C=O) groups is 2. The maximum absolute atomic E-state index is 13.4. The molecule has 184 valence electrons. The molecule has 0 aliphatic carbocycles. The number of likely N-dealkylation sites (N-methyl/N-ethyl adjacent to an activating group) is 2. The Hall–Kier alpha value is -3.10. The van der Waals surface area contributed by atoms with Crippen LogP contribution >= 0.6 is 0 Å². The van der Waals surface area contributed by atoms with E-state index in [2.05, 4.69) is 31.1 Å². The van der Waals surface area contributed by atoms with E-state index in [1.54, 1.807) is 68.6 Å². The van der Waals surface area contributed by atoms with Crippen LogP contribution in [-0.4, -0.2) is 81.8 Å².